The summed E-state index contributed by atoms with van der Waals surface area (Å²) in [5.41, 5.74) is 4.47. The third-order valence-electron chi connectivity index (χ3n) is 7.91. The number of hydrogen-bond donors (Lipinski definition) is 1. The summed E-state index contributed by atoms with van der Waals surface area (Å²) in [5, 5.41) is 11.5. The van der Waals surface area contributed by atoms with Crippen LogP contribution in [0.5, 0.6) is 5.75 Å². The van der Waals surface area contributed by atoms with E-state index in [1.165, 1.54) is 5.56 Å². The van der Waals surface area contributed by atoms with Crippen LogP contribution in [0.15, 0.2) is 78.4 Å². The number of nitrogens with zero attached hydrogens (tertiary/aromatic N) is 2. The van der Waals surface area contributed by atoms with Crippen LogP contribution in [0.3, 0.4) is 0 Å². The van der Waals surface area contributed by atoms with Gasteiger partial charge in [-0.05, 0) is 60.2 Å². The maximum absolute atomic E-state index is 13.5. The molecule has 3 aromatic rings. The highest BCUT2D eigenvalue weighted by molar-refractivity contribution is 6.46. The summed E-state index contributed by atoms with van der Waals surface area (Å²) >= 11 is 0. The molecule has 7 heteroatoms. The van der Waals surface area contributed by atoms with Gasteiger partial charge in [-0.25, -0.2) is 0 Å². The van der Waals surface area contributed by atoms with Crippen molar-refractivity contribution in [3.05, 3.63) is 106 Å². The Morgan fingerprint density at radius 3 is 2.37 bits per heavy atom. The molecule has 2 fully saturated rings. The summed E-state index contributed by atoms with van der Waals surface area (Å²) in [7, 11) is 0. The Hall–Kier alpha value is -3.94. The SMILES string of the molecule is CCc1ccc([C@H]2/C(=C(\O)c3ccc(OCc4ccccc4)c(C)c3)C(=O)C(=O)N2CCCN2CCOCC2)cc1. The third kappa shape index (κ3) is 6.53. The van der Waals surface area contributed by atoms with Crippen molar-refractivity contribution in [2.24, 2.45) is 0 Å². The van der Waals surface area contributed by atoms with E-state index in [1.807, 2.05) is 61.5 Å². The predicted molar refractivity (Wildman–Crippen MR) is 159 cm³/mol. The first-order valence-corrected chi connectivity index (χ1v) is 14.4. The highest BCUT2D eigenvalue weighted by Crippen LogP contribution is 2.40. The Morgan fingerprint density at radius 2 is 1.68 bits per heavy atom. The number of likely N-dealkylation sites (tertiary alicyclic amines) is 1. The average molecular weight is 555 g/mol. The van der Waals surface area contributed by atoms with Gasteiger partial charge in [0.25, 0.3) is 11.7 Å². The van der Waals surface area contributed by atoms with Crippen LogP contribution in [-0.2, 0) is 27.4 Å². The van der Waals surface area contributed by atoms with Gasteiger partial charge in [0.15, 0.2) is 0 Å². The van der Waals surface area contributed by atoms with Gasteiger partial charge in [0.1, 0.15) is 18.1 Å². The number of aryl methyl sites for hydroxylation is 2. The van der Waals surface area contributed by atoms with Crippen LogP contribution >= 0.6 is 0 Å². The van der Waals surface area contributed by atoms with Crippen LogP contribution in [0.25, 0.3) is 5.76 Å². The lowest BCUT2D eigenvalue weighted by atomic mass is 9.94. The molecule has 0 spiro atoms. The van der Waals surface area contributed by atoms with E-state index in [-0.39, 0.29) is 11.3 Å². The second-order valence-electron chi connectivity index (χ2n) is 10.6. The number of benzene rings is 3. The van der Waals surface area contributed by atoms with E-state index in [4.69, 9.17) is 9.47 Å². The number of amides is 1. The molecular formula is C34H38N2O5. The summed E-state index contributed by atoms with van der Waals surface area (Å²) in [6.45, 7) is 8.81. The van der Waals surface area contributed by atoms with Crippen LogP contribution in [-0.4, -0.2) is 66.0 Å². The quantitative estimate of drug-likeness (QED) is 0.209. The van der Waals surface area contributed by atoms with Crippen molar-refractivity contribution >= 4 is 17.4 Å². The molecule has 1 N–H and O–H groups in total. The molecular weight excluding hydrogens is 516 g/mol. The lowest BCUT2D eigenvalue weighted by Gasteiger charge is -2.29. The van der Waals surface area contributed by atoms with Gasteiger partial charge >= 0.3 is 0 Å². The molecule has 41 heavy (non-hydrogen) atoms. The number of ketones is 1. The van der Waals surface area contributed by atoms with Gasteiger partial charge in [-0.15, -0.1) is 0 Å². The van der Waals surface area contributed by atoms with E-state index in [2.05, 4.69) is 11.8 Å². The van der Waals surface area contributed by atoms with Gasteiger partial charge in [-0.2, -0.15) is 0 Å². The number of Topliss-reactive ketones (excluding diaryl/α,β-unsaturated/α-hetero) is 1. The molecule has 3 aromatic carbocycles. The summed E-state index contributed by atoms with van der Waals surface area (Å²) in [6, 6.07) is 22.6. The van der Waals surface area contributed by atoms with E-state index in [0.29, 0.717) is 37.7 Å². The standard InChI is InChI=1S/C34H38N2O5/c1-3-25-10-12-27(13-11-25)31-30(33(38)34(39)36(31)17-7-16-35-18-20-40-21-19-35)32(37)28-14-15-29(24(2)22-28)41-23-26-8-5-4-6-9-26/h4-6,8-15,22,31,37H,3,7,16-21,23H2,1-2H3/b32-30+/t31-/m0/s1. The molecule has 5 rings (SSSR count). The predicted octanol–water partition coefficient (Wildman–Crippen LogP) is 5.28. The zero-order valence-electron chi connectivity index (χ0n) is 23.8. The molecule has 2 heterocycles. The van der Waals surface area contributed by atoms with Gasteiger partial charge in [-0.3, -0.25) is 14.5 Å². The van der Waals surface area contributed by atoms with E-state index >= 15 is 0 Å². The highest BCUT2D eigenvalue weighted by atomic mass is 16.5. The minimum atomic E-state index is -0.653. The fourth-order valence-corrected chi connectivity index (χ4v) is 5.53. The Kier molecular flexibility index (Phi) is 9.17. The molecule has 1 atom stereocenters. The van der Waals surface area contributed by atoms with Gasteiger partial charge in [0, 0.05) is 31.7 Å². The Balaban J connectivity index is 1.42. The zero-order valence-corrected chi connectivity index (χ0v) is 23.8. The largest absolute Gasteiger partial charge is 0.507 e. The Bertz CT molecular complexity index is 1390. The summed E-state index contributed by atoms with van der Waals surface area (Å²) in [5.74, 6) is -0.694. The van der Waals surface area contributed by atoms with Crippen molar-refractivity contribution in [2.45, 2.75) is 39.3 Å². The minimum Gasteiger partial charge on any atom is -0.507 e. The van der Waals surface area contributed by atoms with E-state index in [1.54, 1.807) is 23.1 Å². The lowest BCUT2D eigenvalue weighted by molar-refractivity contribution is -0.140. The molecule has 0 aromatic heterocycles. The van der Waals surface area contributed by atoms with E-state index < -0.39 is 17.7 Å². The van der Waals surface area contributed by atoms with Crippen LogP contribution in [0.1, 0.15) is 47.2 Å². The first kappa shape index (κ1) is 28.6. The fourth-order valence-electron chi connectivity index (χ4n) is 5.53. The number of carbonyl (C=O) groups excluding carboxylic acids is 2. The van der Waals surface area contributed by atoms with Crippen molar-refractivity contribution in [1.29, 1.82) is 0 Å². The van der Waals surface area contributed by atoms with Gasteiger partial charge < -0.3 is 19.5 Å². The molecule has 2 aliphatic heterocycles. The molecule has 0 saturated carbocycles. The second-order valence-corrected chi connectivity index (χ2v) is 10.6. The molecule has 214 valence electrons. The van der Waals surface area contributed by atoms with Gasteiger partial charge in [0.2, 0.25) is 0 Å². The number of aliphatic hydroxyl groups excluding tert-OH is 1. The second kappa shape index (κ2) is 13.1. The van der Waals surface area contributed by atoms with Crippen LogP contribution in [0, 0.1) is 6.92 Å². The number of ether oxygens (including phenoxy) is 2. The van der Waals surface area contributed by atoms with Crippen molar-refractivity contribution in [2.75, 3.05) is 39.4 Å². The van der Waals surface area contributed by atoms with Crippen molar-refractivity contribution < 1.29 is 24.2 Å². The van der Waals surface area contributed by atoms with Crippen LogP contribution in [0.2, 0.25) is 0 Å². The monoisotopic (exact) mass is 554 g/mol. The first-order chi connectivity index (χ1) is 20.0. The van der Waals surface area contributed by atoms with Gasteiger partial charge in [-0.1, -0.05) is 61.5 Å². The van der Waals surface area contributed by atoms with Crippen LogP contribution in [0.4, 0.5) is 0 Å². The molecule has 2 saturated heterocycles. The Morgan fingerprint density at radius 1 is 0.951 bits per heavy atom. The molecule has 7 nitrogen and oxygen atoms in total. The minimum absolute atomic E-state index is 0.128. The molecule has 1 amide bonds. The van der Waals surface area contributed by atoms with Gasteiger partial charge in [0.05, 0.1) is 24.8 Å². The van der Waals surface area contributed by atoms with Crippen LogP contribution < -0.4 is 4.74 Å². The molecule has 0 radical (unpaired) electrons. The molecule has 0 aliphatic carbocycles. The summed E-state index contributed by atoms with van der Waals surface area (Å²) < 4.78 is 11.4. The third-order valence-corrected chi connectivity index (χ3v) is 7.91. The number of hydrogen-bond acceptors (Lipinski definition) is 6. The highest BCUT2D eigenvalue weighted by Gasteiger charge is 2.45. The number of morpholine rings is 1. The normalized spacial score (nSPS) is 19.1. The molecule has 0 unspecified atom stereocenters. The van der Waals surface area contributed by atoms with Crippen molar-refractivity contribution in [1.82, 2.24) is 9.80 Å². The zero-order chi connectivity index (χ0) is 28.8. The van der Waals surface area contributed by atoms with Crippen molar-refractivity contribution in [3.8, 4) is 5.75 Å². The topological polar surface area (TPSA) is 79.3 Å². The Labute approximate surface area is 242 Å². The van der Waals surface area contributed by atoms with E-state index in [9.17, 15) is 14.7 Å². The summed E-state index contributed by atoms with van der Waals surface area (Å²) in [6.07, 6.45) is 1.61. The van der Waals surface area contributed by atoms with E-state index in [0.717, 1.165) is 49.2 Å². The lowest BCUT2D eigenvalue weighted by Crippen LogP contribution is -2.38. The smallest absolute Gasteiger partial charge is 0.295 e. The number of rotatable bonds is 10. The molecule has 0 bridgehead atoms. The maximum Gasteiger partial charge on any atom is 0.295 e. The van der Waals surface area contributed by atoms with Crippen molar-refractivity contribution in [3.63, 3.8) is 0 Å². The summed E-state index contributed by atoms with van der Waals surface area (Å²) in [4.78, 5) is 30.8. The molecule has 2 aliphatic rings. The average Bonchev–Trinajstić information content (AvgIpc) is 3.26. The maximum atomic E-state index is 13.5. The number of carbonyl (C=O) groups is 2. The number of aliphatic hydroxyl groups is 1. The first-order valence-electron chi connectivity index (χ1n) is 14.4. The fraction of sp³-hybridized carbons (Fsp3) is 0.353.